The predicted molar refractivity (Wildman–Crippen MR) is 56.3 cm³/mol. The van der Waals surface area contributed by atoms with E-state index in [4.69, 9.17) is 10.5 Å². The van der Waals surface area contributed by atoms with E-state index in [0.29, 0.717) is 0 Å². The molecule has 1 rings (SSSR count). The van der Waals surface area contributed by atoms with Gasteiger partial charge in [-0.1, -0.05) is 12.2 Å². The van der Waals surface area contributed by atoms with E-state index in [1.807, 2.05) is 0 Å². The fourth-order valence-electron chi connectivity index (χ4n) is 0.935. The molecule has 0 spiro atoms. The normalized spacial score (nSPS) is 13.2. The highest BCUT2D eigenvalue weighted by Gasteiger charge is 2.38. The summed E-state index contributed by atoms with van der Waals surface area (Å²) in [7, 11) is 0. The number of pyridine rings is 1. The van der Waals surface area contributed by atoms with Gasteiger partial charge in [0, 0.05) is 6.20 Å². The fourth-order valence-corrected chi connectivity index (χ4v) is 1.10. The van der Waals surface area contributed by atoms with Crippen LogP contribution >= 0.6 is 12.2 Å². The zero-order valence-electron chi connectivity index (χ0n) is 8.28. The Kier molecular flexibility index (Phi) is 3.69. The smallest absolute Gasteiger partial charge is 0.425 e. The lowest BCUT2D eigenvalue weighted by Crippen LogP contribution is -2.32. The summed E-state index contributed by atoms with van der Waals surface area (Å²) in [4.78, 5) is 3.62. The summed E-state index contributed by atoms with van der Waals surface area (Å²) in [5.41, 5.74) is 5.58. The highest BCUT2D eigenvalue weighted by Crippen LogP contribution is 2.26. The van der Waals surface area contributed by atoms with Gasteiger partial charge in [0.1, 0.15) is 10.7 Å². The highest BCUT2D eigenvalue weighted by molar-refractivity contribution is 7.80. The van der Waals surface area contributed by atoms with Crippen molar-refractivity contribution >= 4 is 17.2 Å². The number of hydrogen-bond donors (Lipinski definition) is 1. The number of alkyl halides is 3. The molecule has 0 aliphatic rings. The predicted octanol–water partition coefficient (Wildman–Crippen LogP) is 2.05. The van der Waals surface area contributed by atoms with Crippen LogP contribution in [0.4, 0.5) is 13.2 Å². The van der Waals surface area contributed by atoms with Gasteiger partial charge in [-0.05, 0) is 13.0 Å². The van der Waals surface area contributed by atoms with Crippen molar-refractivity contribution in [2.45, 2.75) is 19.2 Å². The van der Waals surface area contributed by atoms with E-state index in [2.05, 4.69) is 17.2 Å². The molecular weight excluding hydrogens is 241 g/mol. The first kappa shape index (κ1) is 12.7. The summed E-state index contributed by atoms with van der Waals surface area (Å²) in [6, 6.07) is 1.40. The zero-order chi connectivity index (χ0) is 12.3. The number of hydrogen-bond acceptors (Lipinski definition) is 3. The van der Waals surface area contributed by atoms with E-state index >= 15 is 0 Å². The summed E-state index contributed by atoms with van der Waals surface area (Å²) in [5, 5.41) is 0. The lowest BCUT2D eigenvalue weighted by Gasteiger charge is -2.18. The van der Waals surface area contributed by atoms with Crippen LogP contribution in [-0.2, 0) is 0 Å². The van der Waals surface area contributed by atoms with Crippen LogP contribution in [0.1, 0.15) is 12.5 Å². The topological polar surface area (TPSA) is 48.1 Å². The summed E-state index contributed by atoms with van der Waals surface area (Å²) >= 11 is 4.68. The zero-order valence-corrected chi connectivity index (χ0v) is 9.10. The number of aromatic nitrogens is 1. The maximum absolute atomic E-state index is 12.3. The number of rotatable bonds is 3. The van der Waals surface area contributed by atoms with Gasteiger partial charge in [0.05, 0.1) is 11.8 Å². The van der Waals surface area contributed by atoms with E-state index in [1.165, 1.54) is 12.3 Å². The average molecular weight is 250 g/mol. The van der Waals surface area contributed by atoms with Crippen molar-refractivity contribution in [3.63, 3.8) is 0 Å². The molecule has 0 saturated carbocycles. The van der Waals surface area contributed by atoms with Crippen molar-refractivity contribution in [2.24, 2.45) is 5.73 Å². The van der Waals surface area contributed by atoms with Crippen molar-refractivity contribution < 1.29 is 17.9 Å². The van der Waals surface area contributed by atoms with E-state index in [1.54, 1.807) is 0 Å². The number of halogens is 3. The molecule has 0 radical (unpaired) electrons. The lowest BCUT2D eigenvalue weighted by atomic mass is 10.2. The van der Waals surface area contributed by atoms with Crippen LogP contribution in [0.5, 0.6) is 5.75 Å². The molecule has 88 valence electrons. The second-order valence-corrected chi connectivity index (χ2v) is 3.48. The Hall–Kier alpha value is -1.37. The van der Waals surface area contributed by atoms with Crippen LogP contribution in [0, 0.1) is 0 Å². The number of thiocarbonyl (C=S) groups is 1. The molecule has 0 fully saturated rings. The molecule has 2 N–H and O–H groups in total. The van der Waals surface area contributed by atoms with Crippen LogP contribution in [0.25, 0.3) is 0 Å². The van der Waals surface area contributed by atoms with Crippen LogP contribution in [0.3, 0.4) is 0 Å². The van der Waals surface area contributed by atoms with Crippen LogP contribution in [-0.4, -0.2) is 22.3 Å². The summed E-state index contributed by atoms with van der Waals surface area (Å²) < 4.78 is 41.5. The average Bonchev–Trinajstić information content (AvgIpc) is 2.16. The Bertz CT molecular complexity index is 395. The highest BCUT2D eigenvalue weighted by atomic mass is 32.1. The van der Waals surface area contributed by atoms with Crippen molar-refractivity contribution in [1.29, 1.82) is 0 Å². The largest absolute Gasteiger partial charge is 0.479 e. The van der Waals surface area contributed by atoms with E-state index < -0.39 is 12.3 Å². The van der Waals surface area contributed by atoms with Gasteiger partial charge in [-0.25, -0.2) is 0 Å². The molecule has 1 aromatic heterocycles. The van der Waals surface area contributed by atoms with Gasteiger partial charge in [0.25, 0.3) is 0 Å². The number of nitrogens with two attached hydrogens (primary N) is 1. The van der Waals surface area contributed by atoms with Gasteiger partial charge >= 0.3 is 6.18 Å². The Morgan fingerprint density at radius 2 is 2.19 bits per heavy atom. The molecule has 7 heteroatoms. The van der Waals surface area contributed by atoms with Crippen molar-refractivity contribution in [2.75, 3.05) is 0 Å². The maximum Gasteiger partial charge on any atom is 0.425 e. The quantitative estimate of drug-likeness (QED) is 0.834. The van der Waals surface area contributed by atoms with Crippen molar-refractivity contribution in [3.8, 4) is 5.75 Å². The van der Waals surface area contributed by atoms with E-state index in [-0.39, 0.29) is 16.3 Å². The molecule has 0 aliphatic carbocycles. The minimum Gasteiger partial charge on any atom is -0.479 e. The van der Waals surface area contributed by atoms with Crippen LogP contribution < -0.4 is 10.5 Å². The summed E-state index contributed by atoms with van der Waals surface area (Å²) in [5.74, 6) is -0.0696. The molecule has 0 aromatic carbocycles. The maximum atomic E-state index is 12.3. The molecule has 0 amide bonds. The third-order valence-corrected chi connectivity index (χ3v) is 2.03. The first-order chi connectivity index (χ1) is 7.32. The lowest BCUT2D eigenvalue weighted by molar-refractivity contribution is -0.189. The minimum atomic E-state index is -4.44. The molecule has 3 nitrogen and oxygen atoms in total. The van der Waals surface area contributed by atoms with Gasteiger partial charge in [0.2, 0.25) is 0 Å². The first-order valence-corrected chi connectivity index (χ1v) is 4.70. The van der Waals surface area contributed by atoms with Gasteiger partial charge in [-0.2, -0.15) is 13.2 Å². The van der Waals surface area contributed by atoms with Crippen LogP contribution in [0.15, 0.2) is 18.5 Å². The Morgan fingerprint density at radius 3 is 2.69 bits per heavy atom. The SMILES string of the molecule is CC(Oc1cnccc1C(N)=S)C(F)(F)F. The molecular formula is C9H9F3N2OS. The summed E-state index contributed by atoms with van der Waals surface area (Å²) in [6.07, 6.45) is -3.86. The fraction of sp³-hybridized carbons (Fsp3) is 0.333. The Balaban J connectivity index is 2.93. The van der Waals surface area contributed by atoms with Crippen molar-refractivity contribution in [3.05, 3.63) is 24.0 Å². The van der Waals surface area contributed by atoms with Crippen LogP contribution in [0.2, 0.25) is 0 Å². The molecule has 0 aliphatic heterocycles. The molecule has 16 heavy (non-hydrogen) atoms. The first-order valence-electron chi connectivity index (χ1n) is 4.29. The van der Waals surface area contributed by atoms with E-state index in [0.717, 1.165) is 13.1 Å². The third kappa shape index (κ3) is 3.06. The standard InChI is InChI=1S/C9H9F3N2OS/c1-5(9(10,11)12)15-7-4-14-3-2-6(7)8(13)16/h2-5H,1H3,(H2,13,16). The molecule has 1 unspecified atom stereocenters. The van der Waals surface area contributed by atoms with Gasteiger partial charge in [0.15, 0.2) is 6.10 Å². The second-order valence-electron chi connectivity index (χ2n) is 3.04. The van der Waals surface area contributed by atoms with Crippen molar-refractivity contribution in [1.82, 2.24) is 4.98 Å². The minimum absolute atomic E-state index is 0.0354. The summed E-state index contributed by atoms with van der Waals surface area (Å²) in [6.45, 7) is 0.899. The molecule has 0 saturated heterocycles. The molecule has 1 heterocycles. The Labute approximate surface area is 95.4 Å². The molecule has 1 atom stereocenters. The van der Waals surface area contributed by atoms with Gasteiger partial charge in [-0.3, -0.25) is 4.98 Å². The Morgan fingerprint density at radius 1 is 1.56 bits per heavy atom. The van der Waals surface area contributed by atoms with Gasteiger partial charge in [-0.15, -0.1) is 0 Å². The molecule has 1 aromatic rings. The monoisotopic (exact) mass is 250 g/mol. The van der Waals surface area contributed by atoms with E-state index in [9.17, 15) is 13.2 Å². The molecule has 0 bridgehead atoms. The number of nitrogens with zero attached hydrogens (tertiary/aromatic N) is 1. The van der Waals surface area contributed by atoms with Gasteiger partial charge < -0.3 is 10.5 Å². The number of ether oxygens (including phenoxy) is 1. The second kappa shape index (κ2) is 4.65. The third-order valence-electron chi connectivity index (χ3n) is 1.81.